The first-order chi connectivity index (χ1) is 8.97. The lowest BCUT2D eigenvalue weighted by Gasteiger charge is -2.01. The molecule has 1 rings (SSSR count). The van der Waals surface area contributed by atoms with E-state index in [1.807, 2.05) is 58.0 Å². The molecule has 0 aliphatic heterocycles. The maximum Gasteiger partial charge on any atom is 0.217 e. The summed E-state index contributed by atoms with van der Waals surface area (Å²) in [6.45, 7) is 9.63. The molecule has 0 spiro atoms. The van der Waals surface area contributed by atoms with Crippen molar-refractivity contribution in [3.8, 4) is 0 Å². The van der Waals surface area contributed by atoms with Gasteiger partial charge in [-0.05, 0) is 12.8 Å². The highest BCUT2D eigenvalue weighted by atomic mass is 16.1. The number of primary amides is 1. The van der Waals surface area contributed by atoms with Crippen LogP contribution in [0, 0.1) is 5.92 Å². The first-order valence-corrected chi connectivity index (χ1v) is 6.81. The van der Waals surface area contributed by atoms with Gasteiger partial charge in [-0.15, -0.1) is 0 Å². The minimum absolute atomic E-state index is 0.121. The average molecular weight is 265 g/mol. The second-order valence-electron chi connectivity index (χ2n) is 4.11. The van der Waals surface area contributed by atoms with Crippen LogP contribution in [0.3, 0.4) is 0 Å². The molecule has 1 atom stereocenters. The molecule has 0 radical (unpaired) electrons. The number of ketones is 1. The van der Waals surface area contributed by atoms with E-state index in [-0.39, 0.29) is 11.7 Å². The van der Waals surface area contributed by atoms with Crippen molar-refractivity contribution in [3.63, 3.8) is 0 Å². The first kappa shape index (κ1) is 19.7. The number of Topliss-reactive ketones (excluding diaryl/α,β-unsaturated/α-hetero) is 1. The Morgan fingerprint density at radius 2 is 1.63 bits per heavy atom. The molecule has 0 aromatic heterocycles. The quantitative estimate of drug-likeness (QED) is 0.841. The number of nitrogens with two attached hydrogens (primary N) is 1. The topological polar surface area (TPSA) is 60.2 Å². The highest BCUT2D eigenvalue weighted by molar-refractivity contribution is 5.93. The van der Waals surface area contributed by atoms with Crippen LogP contribution in [0.1, 0.15) is 57.8 Å². The zero-order valence-electron chi connectivity index (χ0n) is 12.8. The van der Waals surface area contributed by atoms with Crippen molar-refractivity contribution in [1.82, 2.24) is 0 Å². The maximum absolute atomic E-state index is 10.6. The summed E-state index contributed by atoms with van der Waals surface area (Å²) in [4.78, 5) is 20.8. The van der Waals surface area contributed by atoms with Gasteiger partial charge in [0.25, 0.3) is 0 Å². The van der Waals surface area contributed by atoms with E-state index in [1.165, 1.54) is 0 Å². The maximum atomic E-state index is 10.6. The van der Waals surface area contributed by atoms with E-state index < -0.39 is 0 Å². The Labute approximate surface area is 117 Å². The second-order valence-corrected chi connectivity index (χ2v) is 4.11. The van der Waals surface area contributed by atoms with Gasteiger partial charge in [0.15, 0.2) is 5.78 Å². The Kier molecular flexibility index (Phi) is 13.3. The number of carbonyl (C=O) groups excluding carboxylic acids is 2. The van der Waals surface area contributed by atoms with Crippen molar-refractivity contribution in [1.29, 1.82) is 0 Å². The van der Waals surface area contributed by atoms with Crippen LogP contribution in [0.2, 0.25) is 0 Å². The van der Waals surface area contributed by atoms with Crippen LogP contribution in [-0.4, -0.2) is 11.7 Å². The number of hydrogen-bond donors (Lipinski definition) is 1. The molecule has 0 bridgehead atoms. The second kappa shape index (κ2) is 12.8. The fraction of sp³-hybridized carbons (Fsp3) is 0.500. The van der Waals surface area contributed by atoms with Gasteiger partial charge in [0.2, 0.25) is 5.91 Å². The molecule has 0 aliphatic rings. The van der Waals surface area contributed by atoms with Crippen molar-refractivity contribution < 1.29 is 9.59 Å². The van der Waals surface area contributed by atoms with Crippen LogP contribution in [0.25, 0.3) is 0 Å². The highest BCUT2D eigenvalue weighted by Gasteiger charge is 2.00. The van der Waals surface area contributed by atoms with Gasteiger partial charge in [-0.25, -0.2) is 0 Å². The Hall–Kier alpha value is -1.64. The Bertz CT molecular complexity index is 347. The van der Waals surface area contributed by atoms with Crippen molar-refractivity contribution in [2.75, 3.05) is 0 Å². The molecular formula is C16H27NO2. The minimum Gasteiger partial charge on any atom is -0.370 e. The van der Waals surface area contributed by atoms with Gasteiger partial charge in [-0.3, -0.25) is 9.59 Å². The van der Waals surface area contributed by atoms with Gasteiger partial charge >= 0.3 is 0 Å². The molecule has 0 aliphatic carbocycles. The first-order valence-electron chi connectivity index (χ1n) is 6.81. The van der Waals surface area contributed by atoms with Crippen LogP contribution in [0.4, 0.5) is 0 Å². The summed E-state index contributed by atoms with van der Waals surface area (Å²) in [5.41, 5.74) is 5.71. The summed E-state index contributed by atoms with van der Waals surface area (Å²) in [5, 5.41) is 0. The zero-order valence-corrected chi connectivity index (χ0v) is 12.8. The van der Waals surface area contributed by atoms with Crippen LogP contribution < -0.4 is 5.73 Å². The zero-order chi connectivity index (χ0) is 15.3. The van der Waals surface area contributed by atoms with E-state index in [0.29, 0.717) is 12.3 Å². The summed E-state index contributed by atoms with van der Waals surface area (Å²) < 4.78 is 0. The number of amides is 1. The number of hydrogen-bond acceptors (Lipinski definition) is 2. The molecule has 0 unspecified atom stereocenters. The van der Waals surface area contributed by atoms with Crippen LogP contribution in [0.15, 0.2) is 30.3 Å². The van der Waals surface area contributed by atoms with Gasteiger partial charge in [0, 0.05) is 12.0 Å². The van der Waals surface area contributed by atoms with E-state index in [4.69, 9.17) is 5.73 Å². The lowest BCUT2D eigenvalue weighted by Crippen LogP contribution is -2.13. The van der Waals surface area contributed by atoms with Gasteiger partial charge in [0.05, 0.1) is 0 Å². The molecule has 1 aromatic carbocycles. The summed E-state index contributed by atoms with van der Waals surface area (Å²) in [5.74, 6) is 0.377. The molecule has 19 heavy (non-hydrogen) atoms. The van der Waals surface area contributed by atoms with E-state index in [9.17, 15) is 9.59 Å². The van der Waals surface area contributed by atoms with Crippen LogP contribution >= 0.6 is 0 Å². The summed E-state index contributed by atoms with van der Waals surface area (Å²) in [6, 6.07) is 9.23. The Balaban J connectivity index is 0. The lowest BCUT2D eigenvalue weighted by atomic mass is 10.1. The molecule has 0 fully saturated rings. The minimum atomic E-state index is -0.195. The van der Waals surface area contributed by atoms with Crippen molar-refractivity contribution in [2.24, 2.45) is 11.7 Å². The third-order valence-electron chi connectivity index (χ3n) is 2.43. The molecule has 0 saturated carbocycles. The normalized spacial score (nSPS) is 10.2. The Morgan fingerprint density at radius 3 is 1.84 bits per heavy atom. The monoisotopic (exact) mass is 265 g/mol. The molecule has 1 aromatic rings. The predicted molar refractivity (Wildman–Crippen MR) is 81.1 cm³/mol. The lowest BCUT2D eigenvalue weighted by molar-refractivity contribution is -0.118. The molecule has 3 nitrogen and oxygen atoms in total. The number of carbonyl (C=O) groups is 2. The van der Waals surface area contributed by atoms with Crippen molar-refractivity contribution in [2.45, 2.75) is 47.5 Å². The molecule has 3 heteroatoms. The molecule has 108 valence electrons. The van der Waals surface area contributed by atoms with Crippen LogP contribution in [-0.2, 0) is 4.79 Å². The van der Waals surface area contributed by atoms with Gasteiger partial charge in [-0.1, -0.05) is 64.4 Å². The standard InChI is InChI=1S/C8H8O.C6H13NO.C2H6/c1-7(9)8-5-3-2-4-6-8;1-3-5(2)4-6(7)8;1-2/h2-6H,1H3;5H,3-4H2,1-2H3,(H2,7,8);1-2H3/t;5-;/m.0./s1. The fourth-order valence-corrected chi connectivity index (χ4v) is 1.16. The number of benzene rings is 1. The van der Waals surface area contributed by atoms with E-state index in [1.54, 1.807) is 6.92 Å². The summed E-state index contributed by atoms with van der Waals surface area (Å²) >= 11 is 0. The van der Waals surface area contributed by atoms with Gasteiger partial charge in [0.1, 0.15) is 0 Å². The predicted octanol–water partition coefficient (Wildman–Crippen LogP) is 3.82. The van der Waals surface area contributed by atoms with Crippen molar-refractivity contribution >= 4 is 11.7 Å². The smallest absolute Gasteiger partial charge is 0.217 e. The van der Waals surface area contributed by atoms with E-state index in [2.05, 4.69) is 0 Å². The summed E-state index contributed by atoms with van der Waals surface area (Å²) in [7, 11) is 0. The SMILES string of the molecule is CC.CC(=O)c1ccccc1.CC[C@H](C)CC(N)=O. The van der Waals surface area contributed by atoms with E-state index >= 15 is 0 Å². The Morgan fingerprint density at radius 1 is 1.16 bits per heavy atom. The molecule has 0 saturated heterocycles. The third kappa shape index (κ3) is 12.6. The average Bonchev–Trinajstić information content (AvgIpc) is 2.42. The highest BCUT2D eigenvalue weighted by Crippen LogP contribution is 2.03. The van der Waals surface area contributed by atoms with E-state index in [0.717, 1.165) is 12.0 Å². The third-order valence-corrected chi connectivity index (χ3v) is 2.43. The molecule has 2 N–H and O–H groups in total. The molecular weight excluding hydrogens is 238 g/mol. The number of rotatable bonds is 4. The largest absolute Gasteiger partial charge is 0.370 e. The molecule has 0 heterocycles. The van der Waals surface area contributed by atoms with Crippen LogP contribution in [0.5, 0.6) is 0 Å². The van der Waals surface area contributed by atoms with Crippen molar-refractivity contribution in [3.05, 3.63) is 35.9 Å². The van der Waals surface area contributed by atoms with Gasteiger partial charge < -0.3 is 5.73 Å². The van der Waals surface area contributed by atoms with Gasteiger partial charge in [-0.2, -0.15) is 0 Å². The molecule has 1 amide bonds. The summed E-state index contributed by atoms with van der Waals surface area (Å²) in [6.07, 6.45) is 1.55. The fourth-order valence-electron chi connectivity index (χ4n) is 1.16.